The summed E-state index contributed by atoms with van der Waals surface area (Å²) in [5, 5.41) is 13.0. The third-order valence-corrected chi connectivity index (χ3v) is 4.58. The highest BCUT2D eigenvalue weighted by molar-refractivity contribution is 7.98. The van der Waals surface area contributed by atoms with Crippen molar-refractivity contribution in [3.05, 3.63) is 54.2 Å². The minimum Gasteiger partial charge on any atom is -0.493 e. The quantitative estimate of drug-likeness (QED) is 0.385. The highest BCUT2D eigenvalue weighted by Gasteiger charge is 2.14. The fourth-order valence-electron chi connectivity index (χ4n) is 2.64. The highest BCUT2D eigenvalue weighted by atomic mass is 32.2. The smallest absolute Gasteiger partial charge is 0.341 e. The van der Waals surface area contributed by atoms with Crippen molar-refractivity contribution in [2.24, 2.45) is 0 Å². The molecule has 7 nitrogen and oxygen atoms in total. The second kappa shape index (κ2) is 11.1. The van der Waals surface area contributed by atoms with Gasteiger partial charge in [0.25, 0.3) is 0 Å². The van der Waals surface area contributed by atoms with Gasteiger partial charge >= 0.3 is 5.97 Å². The summed E-state index contributed by atoms with van der Waals surface area (Å²) in [4.78, 5) is 19.8. The van der Waals surface area contributed by atoms with Crippen molar-refractivity contribution < 1.29 is 19.4 Å². The van der Waals surface area contributed by atoms with Crippen LogP contribution in [0.2, 0.25) is 0 Å². The Kier molecular flexibility index (Phi) is 8.49. The monoisotopic (exact) mass is 427 g/mol. The topological polar surface area (TPSA) is 93.6 Å². The van der Waals surface area contributed by atoms with E-state index in [1.54, 1.807) is 14.2 Å². The summed E-state index contributed by atoms with van der Waals surface area (Å²) in [5.74, 6) is 0.437. The molecule has 3 rings (SSSR count). The summed E-state index contributed by atoms with van der Waals surface area (Å²) in [6.07, 6.45) is 3.14. The van der Waals surface area contributed by atoms with E-state index in [2.05, 4.69) is 15.3 Å². The second-order valence-corrected chi connectivity index (χ2v) is 6.47. The number of anilines is 2. The predicted octanol–water partition coefficient (Wildman–Crippen LogP) is 5.35. The molecule has 0 spiro atoms. The Morgan fingerprint density at radius 3 is 2.37 bits per heavy atom. The molecule has 2 N–H and O–H groups in total. The zero-order valence-electron chi connectivity index (χ0n) is 17.6. The first-order valence-corrected chi connectivity index (χ1v) is 10.5. The summed E-state index contributed by atoms with van der Waals surface area (Å²) >= 11 is 1.34. The molecule has 0 saturated carbocycles. The van der Waals surface area contributed by atoms with Crippen LogP contribution in [0.4, 0.5) is 11.5 Å². The van der Waals surface area contributed by atoms with Gasteiger partial charge in [0.1, 0.15) is 11.4 Å². The van der Waals surface area contributed by atoms with E-state index in [0.717, 1.165) is 11.1 Å². The molecule has 158 valence electrons. The molecule has 0 radical (unpaired) electrons. The Morgan fingerprint density at radius 2 is 1.73 bits per heavy atom. The maximum atomic E-state index is 11.5. The number of aromatic nitrogens is 2. The first kappa shape index (κ1) is 23.0. The average Bonchev–Trinajstić information content (AvgIpc) is 2.79. The van der Waals surface area contributed by atoms with Gasteiger partial charge in [-0.2, -0.15) is 0 Å². The largest absolute Gasteiger partial charge is 0.493 e. The van der Waals surface area contributed by atoms with Gasteiger partial charge < -0.3 is 19.9 Å². The number of hydrogen-bond donors (Lipinski definition) is 2. The Bertz CT molecular complexity index is 1010. The number of carbonyl (C=O) groups is 1. The minimum atomic E-state index is -1.09. The van der Waals surface area contributed by atoms with Crippen LogP contribution in [-0.2, 0) is 0 Å². The lowest BCUT2D eigenvalue weighted by atomic mass is 10.0. The van der Waals surface area contributed by atoms with Crippen molar-refractivity contribution in [3.8, 4) is 22.6 Å². The van der Waals surface area contributed by atoms with Crippen LogP contribution in [0.3, 0.4) is 0 Å². The van der Waals surface area contributed by atoms with Crippen molar-refractivity contribution in [2.75, 3.05) is 25.8 Å². The van der Waals surface area contributed by atoms with Crippen LogP contribution in [0.5, 0.6) is 11.5 Å². The number of rotatable bonds is 7. The molecule has 0 aliphatic heterocycles. The number of ether oxygens (including phenoxy) is 2. The second-order valence-electron chi connectivity index (χ2n) is 5.70. The number of nitrogens with zero attached hydrogens (tertiary/aromatic N) is 2. The first-order valence-electron chi connectivity index (χ1n) is 9.29. The van der Waals surface area contributed by atoms with Crippen molar-refractivity contribution in [3.63, 3.8) is 0 Å². The number of benzene rings is 2. The zero-order valence-corrected chi connectivity index (χ0v) is 18.4. The zero-order chi connectivity index (χ0) is 22.1. The standard InChI is InChI=1S/C20H19N3O4S.C2H6/c1-26-16-8-7-13(10-17(16)27-2)12-5-4-6-14(9-12)22-18-15(19(24)25)11-21-20(23-18)28-3;1-2/h4-11H,1-3H3,(H,24,25)(H,21,22,23);1-2H3. The van der Waals surface area contributed by atoms with Crippen LogP contribution in [0.15, 0.2) is 53.8 Å². The molecule has 0 bridgehead atoms. The molecule has 1 heterocycles. The summed E-state index contributed by atoms with van der Waals surface area (Å²) < 4.78 is 10.6. The molecule has 1 aromatic heterocycles. The van der Waals surface area contributed by atoms with Crippen molar-refractivity contribution in [1.82, 2.24) is 9.97 Å². The van der Waals surface area contributed by atoms with Gasteiger partial charge in [0.2, 0.25) is 0 Å². The van der Waals surface area contributed by atoms with Gasteiger partial charge in [-0.05, 0) is 41.6 Å². The van der Waals surface area contributed by atoms with Crippen LogP contribution in [0.1, 0.15) is 24.2 Å². The van der Waals surface area contributed by atoms with Crippen LogP contribution in [-0.4, -0.2) is 41.5 Å². The molecule has 2 aromatic carbocycles. The lowest BCUT2D eigenvalue weighted by molar-refractivity contribution is 0.0697. The molecule has 0 fully saturated rings. The van der Waals surface area contributed by atoms with Crippen molar-refractivity contribution in [1.29, 1.82) is 0 Å². The van der Waals surface area contributed by atoms with Crippen LogP contribution < -0.4 is 14.8 Å². The van der Waals surface area contributed by atoms with Gasteiger partial charge in [-0.3, -0.25) is 0 Å². The number of carboxylic acids is 1. The number of carboxylic acid groups (broad SMARTS) is 1. The van der Waals surface area contributed by atoms with Gasteiger partial charge in [0.05, 0.1) is 14.2 Å². The molecule has 3 aromatic rings. The third kappa shape index (κ3) is 5.42. The van der Waals surface area contributed by atoms with Gasteiger partial charge in [0, 0.05) is 11.9 Å². The molecular weight excluding hydrogens is 402 g/mol. The molecule has 8 heteroatoms. The highest BCUT2D eigenvalue weighted by Crippen LogP contribution is 2.33. The predicted molar refractivity (Wildman–Crippen MR) is 120 cm³/mol. The Balaban J connectivity index is 0.00000155. The van der Waals surface area contributed by atoms with Gasteiger partial charge in [0.15, 0.2) is 16.7 Å². The Hall–Kier alpha value is -3.26. The molecule has 0 amide bonds. The summed E-state index contributed by atoms with van der Waals surface area (Å²) in [6, 6.07) is 13.2. The summed E-state index contributed by atoms with van der Waals surface area (Å²) in [6.45, 7) is 4.00. The maximum Gasteiger partial charge on any atom is 0.341 e. The van der Waals surface area contributed by atoms with Crippen molar-refractivity contribution in [2.45, 2.75) is 19.0 Å². The fraction of sp³-hybridized carbons (Fsp3) is 0.227. The van der Waals surface area contributed by atoms with E-state index in [4.69, 9.17) is 9.47 Å². The van der Waals surface area contributed by atoms with E-state index in [1.807, 2.05) is 62.6 Å². The van der Waals surface area contributed by atoms with Crippen LogP contribution in [0, 0.1) is 0 Å². The molecule has 0 unspecified atom stereocenters. The van der Waals surface area contributed by atoms with E-state index >= 15 is 0 Å². The molecule has 30 heavy (non-hydrogen) atoms. The molecular formula is C22H25N3O4S. The van der Waals surface area contributed by atoms with Crippen molar-refractivity contribution >= 4 is 29.2 Å². The normalized spacial score (nSPS) is 9.90. The Labute approximate surface area is 180 Å². The lowest BCUT2D eigenvalue weighted by Crippen LogP contribution is -2.07. The number of thioether (sulfide) groups is 1. The Morgan fingerprint density at radius 1 is 1.03 bits per heavy atom. The van der Waals surface area contributed by atoms with Gasteiger partial charge in [-0.15, -0.1) is 0 Å². The first-order chi connectivity index (χ1) is 14.5. The van der Waals surface area contributed by atoms with Crippen LogP contribution >= 0.6 is 11.8 Å². The van der Waals surface area contributed by atoms with E-state index in [9.17, 15) is 9.90 Å². The van der Waals surface area contributed by atoms with Gasteiger partial charge in [-0.1, -0.05) is 43.8 Å². The van der Waals surface area contributed by atoms with Gasteiger partial charge in [-0.25, -0.2) is 14.8 Å². The SMILES string of the molecule is CC.COc1ccc(-c2cccc(Nc3nc(SC)ncc3C(=O)O)c2)cc1OC. The number of hydrogen-bond acceptors (Lipinski definition) is 7. The molecule has 0 aliphatic rings. The van der Waals surface area contributed by atoms with E-state index < -0.39 is 5.97 Å². The molecule has 0 atom stereocenters. The number of aromatic carboxylic acids is 1. The maximum absolute atomic E-state index is 11.5. The molecule has 0 aliphatic carbocycles. The van der Waals surface area contributed by atoms with E-state index in [1.165, 1.54) is 18.0 Å². The number of nitrogens with one attached hydrogen (secondary N) is 1. The molecule has 0 saturated heterocycles. The summed E-state index contributed by atoms with van der Waals surface area (Å²) in [7, 11) is 3.18. The lowest BCUT2D eigenvalue weighted by Gasteiger charge is -2.12. The van der Waals surface area contributed by atoms with E-state index in [-0.39, 0.29) is 11.4 Å². The van der Waals surface area contributed by atoms with E-state index in [0.29, 0.717) is 22.3 Å². The fourth-order valence-corrected chi connectivity index (χ4v) is 2.99. The summed E-state index contributed by atoms with van der Waals surface area (Å²) in [5.41, 5.74) is 2.59. The van der Waals surface area contributed by atoms with Crippen LogP contribution in [0.25, 0.3) is 11.1 Å². The average molecular weight is 428 g/mol. The third-order valence-electron chi connectivity index (χ3n) is 4.02. The number of methoxy groups -OCH3 is 2. The minimum absolute atomic E-state index is 0.00863.